The molecule has 1 heterocycles. The fourth-order valence-corrected chi connectivity index (χ4v) is 5.01. The second-order valence-corrected chi connectivity index (χ2v) is 12.4. The molecule has 0 aliphatic carbocycles. The topological polar surface area (TPSA) is 224 Å². The van der Waals surface area contributed by atoms with Crippen molar-refractivity contribution in [2.45, 2.75) is 88.3 Å². The molecule has 0 radical (unpaired) electrons. The Labute approximate surface area is 288 Å². The molecule has 0 spiro atoms. The predicted molar refractivity (Wildman–Crippen MR) is 169 cm³/mol. The Morgan fingerprint density at radius 2 is 1.45 bits per heavy atom. The van der Waals surface area contributed by atoms with Gasteiger partial charge in [0.15, 0.2) is 6.10 Å². The number of rotatable bonds is 16. The molecule has 0 aromatic heterocycles. The summed E-state index contributed by atoms with van der Waals surface area (Å²) in [6, 6.07) is 6.75. The molecule has 3 rings (SSSR count). The minimum atomic E-state index is -5.16. The van der Waals surface area contributed by atoms with E-state index in [-0.39, 0.29) is 17.5 Å². The summed E-state index contributed by atoms with van der Waals surface area (Å²) in [4.78, 5) is 64.2. The van der Waals surface area contributed by atoms with E-state index in [0.717, 1.165) is 19.1 Å². The molecule has 1 fully saturated rings. The molecular formula is C32H39F6N7O6. The minimum Gasteiger partial charge on any atom is -0.382 e. The highest BCUT2D eigenvalue weighted by Gasteiger charge is 2.65. The summed E-state index contributed by atoms with van der Waals surface area (Å²) in [6.45, 7) is 4.28. The molecule has 9 N–H and O–H groups in total. The van der Waals surface area contributed by atoms with E-state index in [9.17, 15) is 55.4 Å². The van der Waals surface area contributed by atoms with Crippen LogP contribution in [0.2, 0.25) is 0 Å². The molecule has 13 nitrogen and oxygen atoms in total. The van der Waals surface area contributed by atoms with Gasteiger partial charge in [-0.2, -0.15) is 26.3 Å². The minimum absolute atomic E-state index is 0.138. The summed E-state index contributed by atoms with van der Waals surface area (Å²) >= 11 is 0. The van der Waals surface area contributed by atoms with Gasteiger partial charge >= 0.3 is 12.4 Å². The Morgan fingerprint density at radius 1 is 0.824 bits per heavy atom. The molecule has 51 heavy (non-hydrogen) atoms. The van der Waals surface area contributed by atoms with E-state index in [1.807, 2.05) is 16.2 Å². The maximum Gasteiger partial charge on any atom is 0.426 e. The maximum atomic E-state index is 13.6. The van der Waals surface area contributed by atoms with Crippen LogP contribution >= 0.6 is 0 Å². The number of halogens is 6. The van der Waals surface area contributed by atoms with Crippen molar-refractivity contribution in [3.63, 3.8) is 0 Å². The highest BCUT2D eigenvalue weighted by molar-refractivity contribution is 5.99. The number of alkyl halides is 6. The van der Waals surface area contributed by atoms with Gasteiger partial charge in [0.05, 0.1) is 6.04 Å². The number of carbonyl (C=O) groups excluding carboxylic acids is 5. The van der Waals surface area contributed by atoms with Gasteiger partial charge in [0, 0.05) is 18.4 Å². The molecule has 1 aliphatic rings. The van der Waals surface area contributed by atoms with E-state index in [1.165, 1.54) is 12.1 Å². The number of hydrogen-bond acceptors (Lipinski definition) is 8. The largest absolute Gasteiger partial charge is 0.426 e. The van der Waals surface area contributed by atoms with Crippen LogP contribution in [0.4, 0.5) is 26.3 Å². The van der Waals surface area contributed by atoms with Crippen LogP contribution in [0, 0.1) is 5.92 Å². The SMILES string of the molecule is CC(C)[C@H](NC(=O)c1cccc(C2(C(F)(F)F)NN2)c1)C(=O)N[C@@H](Cc1ccccc1)C(=O)N[C@@H](C)C(=O)NC(CCC(N)=O)C(O)C(F)(F)F. The zero-order valence-electron chi connectivity index (χ0n) is 27.6. The average molecular weight is 732 g/mol. The monoisotopic (exact) mass is 731 g/mol. The number of aliphatic hydroxyl groups is 1. The van der Waals surface area contributed by atoms with Gasteiger partial charge in [-0.15, -0.1) is 0 Å². The van der Waals surface area contributed by atoms with E-state index in [0.29, 0.717) is 5.56 Å². The van der Waals surface area contributed by atoms with Crippen LogP contribution in [-0.2, 0) is 31.3 Å². The van der Waals surface area contributed by atoms with Crippen LogP contribution in [0.1, 0.15) is 55.1 Å². The molecule has 0 saturated carbocycles. The highest BCUT2D eigenvalue weighted by Crippen LogP contribution is 2.42. The van der Waals surface area contributed by atoms with Gasteiger partial charge in [0.2, 0.25) is 29.3 Å². The Morgan fingerprint density at radius 3 is 1.98 bits per heavy atom. The first kappa shape index (κ1) is 40.7. The van der Waals surface area contributed by atoms with Crippen LogP contribution in [0.3, 0.4) is 0 Å². The third kappa shape index (κ3) is 10.9. The van der Waals surface area contributed by atoms with E-state index in [2.05, 4.69) is 16.0 Å². The first-order valence-corrected chi connectivity index (χ1v) is 15.7. The fraction of sp³-hybridized carbons (Fsp3) is 0.469. The Hall–Kier alpha value is -4.75. The number of nitrogens with two attached hydrogens (primary N) is 1. The van der Waals surface area contributed by atoms with Crippen molar-refractivity contribution < 1.29 is 55.4 Å². The van der Waals surface area contributed by atoms with Gasteiger partial charge < -0.3 is 32.1 Å². The quantitative estimate of drug-likeness (QED) is 0.0923. The Bertz CT molecular complexity index is 1570. The lowest BCUT2D eigenvalue weighted by molar-refractivity contribution is -0.212. The summed E-state index contributed by atoms with van der Waals surface area (Å²) in [5.41, 5.74) is 6.63. The van der Waals surface area contributed by atoms with E-state index < -0.39 is 96.6 Å². The summed E-state index contributed by atoms with van der Waals surface area (Å²) in [6.07, 6.45) is -14.3. The van der Waals surface area contributed by atoms with Crippen molar-refractivity contribution in [3.8, 4) is 0 Å². The molecule has 2 unspecified atom stereocenters. The van der Waals surface area contributed by atoms with Crippen molar-refractivity contribution in [2.24, 2.45) is 11.7 Å². The van der Waals surface area contributed by atoms with Gasteiger partial charge in [0.25, 0.3) is 5.91 Å². The first-order valence-electron chi connectivity index (χ1n) is 15.7. The maximum absolute atomic E-state index is 13.6. The fourth-order valence-electron chi connectivity index (χ4n) is 5.01. The predicted octanol–water partition coefficient (Wildman–Crippen LogP) is 1.17. The Kier molecular flexibility index (Phi) is 13.2. The third-order valence-electron chi connectivity index (χ3n) is 8.01. The lowest BCUT2D eigenvalue weighted by Gasteiger charge is -2.28. The van der Waals surface area contributed by atoms with Crippen LogP contribution in [0.5, 0.6) is 0 Å². The number of amides is 5. The van der Waals surface area contributed by atoms with Gasteiger partial charge in [-0.1, -0.05) is 56.3 Å². The van der Waals surface area contributed by atoms with E-state index in [1.54, 1.807) is 44.2 Å². The van der Waals surface area contributed by atoms with Gasteiger partial charge in [-0.25, -0.2) is 10.9 Å². The smallest absolute Gasteiger partial charge is 0.382 e. The standard InChI is InChI=1S/C32H39F6N7O6/c1-16(2)24(43-27(49)19-10-7-11-20(15-19)30(44-45-30)32(36,37)38)29(51)42-22(14-18-8-5-4-6-9-18)28(50)40-17(3)26(48)41-21(12-13-23(39)46)25(47)31(33,34)35/h4-11,15-17,21-22,24-25,44-45,47H,12-14H2,1-3H3,(H2,39,46)(H,40,50)(H,41,48)(H,42,51)(H,43,49)/t17-,21?,22-,24-,25?/m0/s1. The zero-order valence-corrected chi connectivity index (χ0v) is 27.6. The summed E-state index contributed by atoms with van der Waals surface area (Å²) in [5.74, 6) is -5.41. The van der Waals surface area contributed by atoms with Crippen LogP contribution < -0.4 is 37.9 Å². The average Bonchev–Trinajstić information content (AvgIpc) is 3.87. The number of hydrazine groups is 1. The molecule has 1 saturated heterocycles. The molecule has 0 bridgehead atoms. The molecule has 1 aliphatic heterocycles. The van der Waals surface area contributed by atoms with Crippen LogP contribution in [0.25, 0.3) is 0 Å². The number of carbonyl (C=O) groups is 5. The van der Waals surface area contributed by atoms with Crippen LogP contribution in [-0.4, -0.2) is 77.3 Å². The number of hydrogen-bond donors (Lipinski definition) is 8. The molecule has 2 aromatic rings. The van der Waals surface area contributed by atoms with Gasteiger partial charge in [-0.05, 0) is 42.5 Å². The van der Waals surface area contributed by atoms with Crippen LogP contribution in [0.15, 0.2) is 54.6 Å². The van der Waals surface area contributed by atoms with Crippen molar-refractivity contribution >= 4 is 29.5 Å². The lowest BCUT2D eigenvalue weighted by Crippen LogP contribution is -2.59. The molecule has 5 amide bonds. The lowest BCUT2D eigenvalue weighted by atomic mass is 9.98. The molecule has 19 heteroatoms. The number of primary amides is 1. The Balaban J connectivity index is 1.77. The highest BCUT2D eigenvalue weighted by atomic mass is 19.4. The summed E-state index contributed by atoms with van der Waals surface area (Å²) < 4.78 is 80.5. The van der Waals surface area contributed by atoms with Crippen molar-refractivity contribution in [1.82, 2.24) is 32.1 Å². The second-order valence-electron chi connectivity index (χ2n) is 12.4. The molecule has 5 atom stereocenters. The van der Waals surface area contributed by atoms with Gasteiger partial charge in [0.1, 0.15) is 18.1 Å². The van der Waals surface area contributed by atoms with Crippen molar-refractivity contribution in [1.29, 1.82) is 0 Å². The van der Waals surface area contributed by atoms with Gasteiger partial charge in [-0.3, -0.25) is 24.0 Å². The summed E-state index contributed by atoms with van der Waals surface area (Å²) in [5, 5.41) is 19.0. The zero-order chi connectivity index (χ0) is 38.3. The number of aliphatic hydroxyl groups excluding tert-OH is 1. The second kappa shape index (κ2) is 16.5. The first-order chi connectivity index (χ1) is 23.7. The van der Waals surface area contributed by atoms with E-state index >= 15 is 0 Å². The molecule has 2 aromatic carbocycles. The number of nitrogens with one attached hydrogen (secondary N) is 6. The van der Waals surface area contributed by atoms with Crippen molar-refractivity contribution in [3.05, 3.63) is 71.3 Å². The normalized spacial score (nSPS) is 16.9. The van der Waals surface area contributed by atoms with Crippen molar-refractivity contribution in [2.75, 3.05) is 0 Å². The third-order valence-corrected chi connectivity index (χ3v) is 8.01. The molecular weight excluding hydrogens is 692 g/mol. The summed E-state index contributed by atoms with van der Waals surface area (Å²) in [7, 11) is 0. The van der Waals surface area contributed by atoms with E-state index in [4.69, 9.17) is 5.73 Å². The number of benzene rings is 2. The molecule has 280 valence electrons.